The molecule has 2 aromatic rings. The summed E-state index contributed by atoms with van der Waals surface area (Å²) in [4.78, 5) is 0. The van der Waals surface area contributed by atoms with E-state index in [1.54, 1.807) is 30.6 Å². The molecular formula is C14H15ClO3S. The van der Waals surface area contributed by atoms with Gasteiger partial charge >= 0.3 is 0 Å². The number of benzene rings is 1. The molecule has 1 unspecified atom stereocenters. The van der Waals surface area contributed by atoms with Gasteiger partial charge < -0.3 is 14.6 Å². The van der Waals surface area contributed by atoms with Gasteiger partial charge in [0.05, 0.1) is 25.3 Å². The molecule has 1 aromatic carbocycles. The summed E-state index contributed by atoms with van der Waals surface area (Å²) in [5.41, 5.74) is 1.73. The molecule has 102 valence electrons. The normalized spacial score (nSPS) is 12.2. The number of methoxy groups -OCH3 is 2. The predicted molar refractivity (Wildman–Crippen MR) is 77.5 cm³/mol. The Bertz CT molecular complexity index is 540. The molecule has 0 fully saturated rings. The van der Waals surface area contributed by atoms with Crippen LogP contribution in [0, 0.1) is 0 Å². The molecule has 0 saturated heterocycles. The molecule has 5 heteroatoms. The van der Waals surface area contributed by atoms with Crippen molar-refractivity contribution in [1.82, 2.24) is 0 Å². The van der Waals surface area contributed by atoms with Crippen molar-refractivity contribution in [3.63, 3.8) is 0 Å². The molecule has 19 heavy (non-hydrogen) atoms. The lowest BCUT2D eigenvalue weighted by Crippen LogP contribution is -2.03. The minimum Gasteiger partial charge on any atom is -0.493 e. The Morgan fingerprint density at radius 1 is 1.26 bits per heavy atom. The second-order valence-electron chi connectivity index (χ2n) is 4.06. The maximum absolute atomic E-state index is 10.3. The van der Waals surface area contributed by atoms with Crippen LogP contribution in [0.5, 0.6) is 11.5 Å². The van der Waals surface area contributed by atoms with Crippen LogP contribution in [0.2, 0.25) is 5.02 Å². The highest BCUT2D eigenvalue weighted by Gasteiger charge is 2.18. The maximum atomic E-state index is 10.3. The van der Waals surface area contributed by atoms with Crippen molar-refractivity contribution >= 4 is 22.9 Å². The fraction of sp³-hybridized carbons (Fsp3) is 0.286. The standard InChI is InChI=1S/C14H15ClO3S/c1-17-12-4-3-10(13(15)14(12)18-2)11(16)7-9-5-6-19-8-9/h3-6,8,11,16H,7H2,1-2H3. The van der Waals surface area contributed by atoms with Crippen molar-refractivity contribution in [1.29, 1.82) is 0 Å². The second kappa shape index (κ2) is 6.28. The number of rotatable bonds is 5. The van der Waals surface area contributed by atoms with Crippen LogP contribution in [0.3, 0.4) is 0 Å². The molecule has 1 N–H and O–H groups in total. The maximum Gasteiger partial charge on any atom is 0.179 e. The van der Waals surface area contributed by atoms with Crippen molar-refractivity contribution in [2.75, 3.05) is 14.2 Å². The van der Waals surface area contributed by atoms with E-state index in [2.05, 4.69) is 0 Å². The fourth-order valence-corrected chi connectivity index (χ4v) is 2.94. The molecule has 0 spiro atoms. The number of hydrogen-bond donors (Lipinski definition) is 1. The van der Waals surface area contributed by atoms with Gasteiger partial charge in [-0.25, -0.2) is 0 Å². The molecule has 0 radical (unpaired) electrons. The molecule has 0 aliphatic rings. The highest BCUT2D eigenvalue weighted by atomic mass is 35.5. The quantitative estimate of drug-likeness (QED) is 0.915. The van der Waals surface area contributed by atoms with Crippen LogP contribution in [0.15, 0.2) is 29.0 Å². The predicted octanol–water partition coefficient (Wildman–Crippen LogP) is 3.69. The van der Waals surface area contributed by atoms with Crippen LogP contribution >= 0.6 is 22.9 Å². The molecule has 0 saturated carbocycles. The summed E-state index contributed by atoms with van der Waals surface area (Å²) in [6.45, 7) is 0. The molecule has 2 rings (SSSR count). The first-order chi connectivity index (χ1) is 9.17. The average molecular weight is 299 g/mol. The van der Waals surface area contributed by atoms with E-state index in [1.165, 1.54) is 7.11 Å². The van der Waals surface area contributed by atoms with E-state index in [1.807, 2.05) is 16.8 Å². The number of aliphatic hydroxyl groups excluding tert-OH is 1. The van der Waals surface area contributed by atoms with Crippen LogP contribution in [0.4, 0.5) is 0 Å². The molecule has 1 heterocycles. The zero-order chi connectivity index (χ0) is 13.8. The van der Waals surface area contributed by atoms with E-state index in [-0.39, 0.29) is 0 Å². The Balaban J connectivity index is 2.29. The SMILES string of the molecule is COc1ccc(C(O)Cc2ccsc2)c(Cl)c1OC. The first-order valence-corrected chi connectivity index (χ1v) is 7.09. The first-order valence-electron chi connectivity index (χ1n) is 5.77. The summed E-state index contributed by atoms with van der Waals surface area (Å²) in [6.07, 6.45) is -0.138. The topological polar surface area (TPSA) is 38.7 Å². The Kier molecular flexibility index (Phi) is 4.69. The van der Waals surface area contributed by atoms with Gasteiger partial charge in [-0.2, -0.15) is 11.3 Å². The monoisotopic (exact) mass is 298 g/mol. The van der Waals surface area contributed by atoms with E-state index in [0.29, 0.717) is 28.5 Å². The van der Waals surface area contributed by atoms with Gasteiger partial charge in [0, 0.05) is 12.0 Å². The lowest BCUT2D eigenvalue weighted by atomic mass is 10.0. The minimum absolute atomic E-state index is 0.393. The minimum atomic E-state index is -0.665. The molecule has 0 aliphatic carbocycles. The zero-order valence-electron chi connectivity index (χ0n) is 10.7. The molecule has 0 aliphatic heterocycles. The van der Waals surface area contributed by atoms with Crippen LogP contribution in [-0.4, -0.2) is 19.3 Å². The van der Waals surface area contributed by atoms with E-state index >= 15 is 0 Å². The molecule has 0 amide bonds. The Morgan fingerprint density at radius 2 is 2.05 bits per heavy atom. The third-order valence-electron chi connectivity index (χ3n) is 2.88. The van der Waals surface area contributed by atoms with Gasteiger partial charge in [-0.15, -0.1) is 0 Å². The number of aliphatic hydroxyl groups is 1. The van der Waals surface area contributed by atoms with E-state index < -0.39 is 6.10 Å². The summed E-state index contributed by atoms with van der Waals surface area (Å²) in [5.74, 6) is 1.00. The smallest absolute Gasteiger partial charge is 0.179 e. The Hall–Kier alpha value is -1.23. The van der Waals surface area contributed by atoms with E-state index in [0.717, 1.165) is 5.56 Å². The third-order valence-corrected chi connectivity index (χ3v) is 4.00. The van der Waals surface area contributed by atoms with Gasteiger partial charge in [-0.3, -0.25) is 0 Å². The Labute approximate surface area is 121 Å². The first kappa shape index (κ1) is 14.2. The van der Waals surface area contributed by atoms with Gasteiger partial charge in [0.2, 0.25) is 0 Å². The number of ether oxygens (including phenoxy) is 2. The highest BCUT2D eigenvalue weighted by molar-refractivity contribution is 7.07. The lowest BCUT2D eigenvalue weighted by Gasteiger charge is -2.16. The van der Waals surface area contributed by atoms with Gasteiger partial charge in [-0.05, 0) is 28.5 Å². The molecule has 1 atom stereocenters. The second-order valence-corrected chi connectivity index (χ2v) is 5.21. The lowest BCUT2D eigenvalue weighted by molar-refractivity contribution is 0.178. The number of thiophene rings is 1. The van der Waals surface area contributed by atoms with Gasteiger partial charge in [-0.1, -0.05) is 17.7 Å². The molecule has 1 aromatic heterocycles. The van der Waals surface area contributed by atoms with Crippen LogP contribution in [-0.2, 0) is 6.42 Å². The van der Waals surface area contributed by atoms with Crippen molar-refractivity contribution in [2.45, 2.75) is 12.5 Å². The van der Waals surface area contributed by atoms with Crippen LogP contribution in [0.25, 0.3) is 0 Å². The molecule has 0 bridgehead atoms. The fourth-order valence-electron chi connectivity index (χ4n) is 1.90. The van der Waals surface area contributed by atoms with Gasteiger partial charge in [0.1, 0.15) is 0 Å². The van der Waals surface area contributed by atoms with Gasteiger partial charge in [0.25, 0.3) is 0 Å². The van der Waals surface area contributed by atoms with Crippen molar-refractivity contribution < 1.29 is 14.6 Å². The average Bonchev–Trinajstić information content (AvgIpc) is 2.90. The number of hydrogen-bond acceptors (Lipinski definition) is 4. The highest BCUT2D eigenvalue weighted by Crippen LogP contribution is 2.40. The zero-order valence-corrected chi connectivity index (χ0v) is 12.3. The van der Waals surface area contributed by atoms with Gasteiger partial charge in [0.15, 0.2) is 11.5 Å². The summed E-state index contributed by atoms with van der Waals surface area (Å²) in [5, 5.41) is 14.7. The van der Waals surface area contributed by atoms with Crippen molar-refractivity contribution in [2.24, 2.45) is 0 Å². The van der Waals surface area contributed by atoms with Crippen LogP contribution < -0.4 is 9.47 Å². The third kappa shape index (κ3) is 3.03. The van der Waals surface area contributed by atoms with E-state index in [9.17, 15) is 5.11 Å². The molecular weight excluding hydrogens is 284 g/mol. The van der Waals surface area contributed by atoms with E-state index in [4.69, 9.17) is 21.1 Å². The summed E-state index contributed by atoms with van der Waals surface area (Å²) in [6, 6.07) is 5.50. The number of halogens is 1. The van der Waals surface area contributed by atoms with Crippen molar-refractivity contribution in [3.05, 3.63) is 45.1 Å². The largest absolute Gasteiger partial charge is 0.493 e. The summed E-state index contributed by atoms with van der Waals surface area (Å²) in [7, 11) is 3.08. The summed E-state index contributed by atoms with van der Waals surface area (Å²) >= 11 is 7.87. The Morgan fingerprint density at radius 3 is 2.63 bits per heavy atom. The van der Waals surface area contributed by atoms with Crippen LogP contribution in [0.1, 0.15) is 17.2 Å². The summed E-state index contributed by atoms with van der Waals surface area (Å²) < 4.78 is 10.4. The van der Waals surface area contributed by atoms with Crippen molar-refractivity contribution in [3.8, 4) is 11.5 Å². The molecule has 3 nitrogen and oxygen atoms in total.